The Hall–Kier alpha value is -0.0500. The van der Waals surface area contributed by atoms with Gasteiger partial charge in [-0.15, -0.1) is 0 Å². The molecule has 8 heavy (non-hydrogen) atoms. The summed E-state index contributed by atoms with van der Waals surface area (Å²) in [5.41, 5.74) is 0. The van der Waals surface area contributed by atoms with Crippen LogP contribution >= 0.6 is 0 Å². The maximum Gasteiger partial charge on any atom is 0.0444 e. The fourth-order valence-electron chi connectivity index (χ4n) is 1.02. The van der Waals surface area contributed by atoms with E-state index in [1.165, 1.54) is 0 Å². The first kappa shape index (κ1) is 6.08. The van der Waals surface area contributed by atoms with Crippen LogP contribution in [0.1, 0.15) is 13.3 Å². The van der Waals surface area contributed by atoms with E-state index in [-0.39, 0.29) is 0 Å². The molecule has 1 aliphatic rings. The molecule has 0 aliphatic carbocycles. The first-order valence-electron chi connectivity index (χ1n) is 2.84. The Kier molecular flexibility index (Phi) is 1.31. The molecule has 0 aromatic heterocycles. The molecule has 0 bridgehead atoms. The molecule has 0 saturated carbocycles. The van der Waals surface area contributed by atoms with E-state index >= 15 is 0 Å². The molecule has 0 aromatic rings. The number of hydrogen-bond donors (Lipinski definition) is 1. The van der Waals surface area contributed by atoms with Crippen molar-refractivity contribution in [2.45, 2.75) is 13.3 Å². The lowest BCUT2D eigenvalue weighted by molar-refractivity contribution is 0.662. The molecule has 2 atom stereocenters. The van der Waals surface area contributed by atoms with E-state index in [1.54, 1.807) is 0 Å². The summed E-state index contributed by atoms with van der Waals surface area (Å²) in [5.74, 6) is 1.79. The van der Waals surface area contributed by atoms with Gasteiger partial charge in [0, 0.05) is 21.2 Å². The van der Waals surface area contributed by atoms with Crippen LogP contribution in [0, 0.1) is 10.7 Å². The minimum absolute atomic E-state index is 0.528. The summed E-state index contributed by atoms with van der Waals surface area (Å²) in [7, 11) is -2.10. The number of nitrogens with one attached hydrogen (secondary N) is 1. The van der Waals surface area contributed by atoms with Crippen molar-refractivity contribution in [3.8, 4) is 0 Å². The second kappa shape index (κ2) is 1.72. The van der Waals surface area contributed by atoms with E-state index in [2.05, 4.69) is 6.92 Å². The highest BCUT2D eigenvalue weighted by Crippen LogP contribution is 2.17. The van der Waals surface area contributed by atoms with Crippen molar-refractivity contribution in [1.29, 1.82) is 4.78 Å². The van der Waals surface area contributed by atoms with Crippen LogP contribution in [0.25, 0.3) is 0 Å². The third-order valence-electron chi connectivity index (χ3n) is 1.49. The van der Waals surface area contributed by atoms with Gasteiger partial charge in [0.1, 0.15) is 0 Å². The summed E-state index contributed by atoms with van der Waals surface area (Å²) >= 11 is 0. The predicted molar refractivity (Wildman–Crippen MR) is 34.4 cm³/mol. The van der Waals surface area contributed by atoms with Crippen LogP contribution < -0.4 is 0 Å². The Morgan fingerprint density at radius 2 is 2.38 bits per heavy atom. The maximum absolute atomic E-state index is 10.9. The second-order valence-corrected chi connectivity index (χ2v) is 4.94. The van der Waals surface area contributed by atoms with Crippen molar-refractivity contribution in [2.24, 2.45) is 5.92 Å². The Bertz CT molecular complexity index is 171. The fraction of sp³-hybridized carbons (Fsp3) is 1.00. The molecule has 1 fully saturated rings. The number of hydrogen-bond acceptors (Lipinski definition) is 2. The van der Waals surface area contributed by atoms with Gasteiger partial charge in [-0.3, -0.25) is 4.78 Å². The molecule has 2 unspecified atom stereocenters. The van der Waals surface area contributed by atoms with Gasteiger partial charge in [0.2, 0.25) is 0 Å². The predicted octanol–water partition coefficient (Wildman–Crippen LogP) is 1.07. The zero-order valence-electron chi connectivity index (χ0n) is 5.02. The van der Waals surface area contributed by atoms with E-state index in [4.69, 9.17) is 4.78 Å². The van der Waals surface area contributed by atoms with E-state index in [0.29, 0.717) is 17.4 Å². The third-order valence-corrected chi connectivity index (χ3v) is 3.50. The molecule has 3 heteroatoms. The Balaban J connectivity index is 2.71. The molecule has 2 nitrogen and oxygen atoms in total. The first-order valence-corrected chi connectivity index (χ1v) is 4.74. The normalized spacial score (nSPS) is 47.4. The van der Waals surface area contributed by atoms with Crippen LogP contribution in [0.4, 0.5) is 0 Å². The summed E-state index contributed by atoms with van der Waals surface area (Å²) in [6.07, 6.45) is 0.988. The summed E-state index contributed by atoms with van der Waals surface area (Å²) in [4.78, 5) is 0. The van der Waals surface area contributed by atoms with Gasteiger partial charge in [-0.25, -0.2) is 4.21 Å². The second-order valence-electron chi connectivity index (χ2n) is 2.58. The van der Waals surface area contributed by atoms with E-state index in [1.807, 2.05) is 0 Å². The highest BCUT2D eigenvalue weighted by atomic mass is 32.2. The first-order chi connectivity index (χ1) is 3.60. The van der Waals surface area contributed by atoms with Crippen molar-refractivity contribution in [2.75, 3.05) is 11.5 Å². The molecule has 1 N–H and O–H groups in total. The van der Waals surface area contributed by atoms with Crippen LogP contribution in [-0.4, -0.2) is 15.7 Å². The van der Waals surface area contributed by atoms with Gasteiger partial charge in [-0.2, -0.15) is 0 Å². The third kappa shape index (κ3) is 1.22. The zero-order chi connectivity index (χ0) is 6.20. The van der Waals surface area contributed by atoms with E-state index in [9.17, 15) is 4.21 Å². The Morgan fingerprint density at radius 3 is 2.50 bits per heavy atom. The highest BCUT2D eigenvalue weighted by molar-refractivity contribution is 7.92. The molecule has 0 aromatic carbocycles. The average molecular weight is 133 g/mol. The van der Waals surface area contributed by atoms with Crippen LogP contribution in [0.15, 0.2) is 0 Å². The molecule has 1 heterocycles. The van der Waals surface area contributed by atoms with Crippen molar-refractivity contribution >= 4 is 9.73 Å². The Morgan fingerprint density at radius 1 is 1.75 bits per heavy atom. The minimum Gasteiger partial charge on any atom is -0.253 e. The van der Waals surface area contributed by atoms with Crippen LogP contribution in [0.3, 0.4) is 0 Å². The topological polar surface area (TPSA) is 40.9 Å². The summed E-state index contributed by atoms with van der Waals surface area (Å²) in [5, 5.41) is 0. The van der Waals surface area contributed by atoms with Crippen LogP contribution in [0.5, 0.6) is 0 Å². The average Bonchev–Trinajstić information content (AvgIpc) is 1.82. The lowest BCUT2D eigenvalue weighted by Crippen LogP contribution is -1.99. The Labute approximate surface area is 50.3 Å². The van der Waals surface area contributed by atoms with Crippen LogP contribution in [0.2, 0.25) is 0 Å². The number of rotatable bonds is 0. The molecule has 1 saturated heterocycles. The summed E-state index contributed by atoms with van der Waals surface area (Å²) < 4.78 is 18.0. The van der Waals surface area contributed by atoms with Gasteiger partial charge in [0.15, 0.2) is 0 Å². The molecule has 1 aliphatic heterocycles. The SMILES string of the molecule is CC1CCS(=N)(=O)C1. The molecule has 0 spiro atoms. The van der Waals surface area contributed by atoms with Crippen molar-refractivity contribution < 1.29 is 4.21 Å². The van der Waals surface area contributed by atoms with E-state index in [0.717, 1.165) is 6.42 Å². The van der Waals surface area contributed by atoms with E-state index < -0.39 is 9.73 Å². The van der Waals surface area contributed by atoms with Gasteiger partial charge >= 0.3 is 0 Å². The van der Waals surface area contributed by atoms with Gasteiger partial charge < -0.3 is 0 Å². The monoisotopic (exact) mass is 133 g/mol. The van der Waals surface area contributed by atoms with Crippen LogP contribution in [-0.2, 0) is 9.73 Å². The molecular formula is C5H11NOS. The highest BCUT2D eigenvalue weighted by Gasteiger charge is 2.20. The van der Waals surface area contributed by atoms with Gasteiger partial charge in [-0.1, -0.05) is 6.92 Å². The fourth-order valence-corrected chi connectivity index (χ4v) is 3.05. The molecular weight excluding hydrogens is 122 g/mol. The molecule has 0 radical (unpaired) electrons. The minimum atomic E-state index is -2.10. The smallest absolute Gasteiger partial charge is 0.0444 e. The molecule has 0 amide bonds. The standard InChI is InChI=1S/C5H11NOS/c1-5-2-3-8(6,7)4-5/h5-6H,2-4H2,1H3. The van der Waals surface area contributed by atoms with Crippen molar-refractivity contribution in [3.05, 3.63) is 0 Å². The lowest BCUT2D eigenvalue weighted by atomic mass is 10.2. The van der Waals surface area contributed by atoms with Gasteiger partial charge in [0.05, 0.1) is 0 Å². The quantitative estimate of drug-likeness (QED) is 0.527. The van der Waals surface area contributed by atoms with Crippen molar-refractivity contribution in [1.82, 2.24) is 0 Å². The summed E-state index contributed by atoms with van der Waals surface area (Å²) in [6, 6.07) is 0. The summed E-state index contributed by atoms with van der Waals surface area (Å²) in [6.45, 7) is 2.06. The van der Waals surface area contributed by atoms with Crippen molar-refractivity contribution in [3.63, 3.8) is 0 Å². The molecule has 48 valence electrons. The zero-order valence-corrected chi connectivity index (χ0v) is 5.83. The van der Waals surface area contributed by atoms with Gasteiger partial charge in [0.25, 0.3) is 0 Å². The maximum atomic E-state index is 10.9. The molecule has 1 rings (SSSR count). The largest absolute Gasteiger partial charge is 0.253 e. The van der Waals surface area contributed by atoms with Gasteiger partial charge in [-0.05, 0) is 12.3 Å². The lowest BCUT2D eigenvalue weighted by Gasteiger charge is -1.92.